The molecule has 0 radical (unpaired) electrons. The average Bonchev–Trinajstić information content (AvgIpc) is 3.54. The van der Waals surface area contributed by atoms with Crippen LogP contribution in [0.2, 0.25) is 5.02 Å². The summed E-state index contributed by atoms with van der Waals surface area (Å²) in [6.45, 7) is 1.90. The van der Waals surface area contributed by atoms with Gasteiger partial charge in [0.15, 0.2) is 0 Å². The summed E-state index contributed by atoms with van der Waals surface area (Å²) in [5, 5.41) is 10.4. The minimum Gasteiger partial charge on any atom is -0.425 e. The molecule has 6 rings (SSSR count). The number of aromatic nitrogens is 3. The van der Waals surface area contributed by atoms with Crippen molar-refractivity contribution in [3.63, 3.8) is 0 Å². The minimum absolute atomic E-state index is 0.310. The van der Waals surface area contributed by atoms with E-state index in [0.29, 0.717) is 5.92 Å². The highest BCUT2D eigenvalue weighted by atomic mass is 35.5. The highest BCUT2D eigenvalue weighted by molar-refractivity contribution is 6.31. The van der Waals surface area contributed by atoms with Crippen molar-refractivity contribution >= 4 is 11.6 Å². The van der Waals surface area contributed by atoms with Crippen molar-refractivity contribution in [3.05, 3.63) is 159 Å². The lowest BCUT2D eigenvalue weighted by molar-refractivity contribution is 0.156. The molecule has 2 aromatic heterocycles. The van der Waals surface area contributed by atoms with E-state index in [1.54, 1.807) is 6.20 Å². The number of imidazole rings is 1. The first-order chi connectivity index (χ1) is 19.5. The first kappa shape index (κ1) is 27.5. The minimum atomic E-state index is -0.586. The molecule has 204 valence electrons. The lowest BCUT2D eigenvalue weighted by Crippen LogP contribution is -2.37. The predicted octanol–water partition coefficient (Wildman–Crippen LogP) is 7.82. The maximum Gasteiger partial charge on any atom is 0.283 e. The molecule has 0 amide bonds. The van der Waals surface area contributed by atoms with Gasteiger partial charge in [-0.15, -0.1) is 0 Å². The number of benzene rings is 3. The van der Waals surface area contributed by atoms with E-state index in [-0.39, 0.29) is 5.56 Å². The number of halogens is 1. The van der Waals surface area contributed by atoms with E-state index >= 15 is 0 Å². The van der Waals surface area contributed by atoms with Crippen LogP contribution in [0.5, 0.6) is 0 Å². The molecule has 0 aliphatic heterocycles. The largest absolute Gasteiger partial charge is 0.425 e. The van der Waals surface area contributed by atoms with Crippen molar-refractivity contribution in [2.45, 2.75) is 50.5 Å². The fraction of sp³-hybridized carbons (Fsp3) is 0.235. The van der Waals surface area contributed by atoms with Crippen LogP contribution in [0.1, 0.15) is 66.0 Å². The second-order valence-electron chi connectivity index (χ2n) is 10.3. The third-order valence-corrected chi connectivity index (χ3v) is 8.07. The van der Waals surface area contributed by atoms with Crippen LogP contribution in [0.25, 0.3) is 0 Å². The van der Waals surface area contributed by atoms with E-state index in [9.17, 15) is 10.0 Å². The molecule has 0 saturated heterocycles. The molecule has 2 heterocycles. The molecule has 5 aromatic rings. The second-order valence-corrected chi connectivity index (χ2v) is 10.7. The van der Waals surface area contributed by atoms with Crippen molar-refractivity contribution < 1.29 is 5.21 Å². The molecule has 5 nitrogen and oxygen atoms in total. The Kier molecular flexibility index (Phi) is 8.51. The molecule has 0 atom stereocenters. The predicted molar refractivity (Wildman–Crippen MR) is 160 cm³/mol. The van der Waals surface area contributed by atoms with Crippen molar-refractivity contribution in [2.24, 2.45) is 0 Å². The van der Waals surface area contributed by atoms with E-state index in [4.69, 9.17) is 11.6 Å². The molecule has 0 unspecified atom stereocenters. The van der Waals surface area contributed by atoms with Crippen LogP contribution >= 0.6 is 11.6 Å². The summed E-state index contributed by atoms with van der Waals surface area (Å²) in [5.41, 5.74) is 4.12. The van der Waals surface area contributed by atoms with Gasteiger partial charge in [0.2, 0.25) is 0 Å². The monoisotopic (exact) mass is 551 g/mol. The molecule has 1 saturated carbocycles. The van der Waals surface area contributed by atoms with Crippen LogP contribution in [0.3, 0.4) is 0 Å². The number of rotatable bonds is 5. The number of aryl methyl sites for hydroxylation is 1. The quantitative estimate of drug-likeness (QED) is 0.179. The van der Waals surface area contributed by atoms with Gasteiger partial charge in [-0.05, 0) is 48.6 Å². The molecule has 0 spiro atoms. The fourth-order valence-corrected chi connectivity index (χ4v) is 6.17. The summed E-state index contributed by atoms with van der Waals surface area (Å²) in [6.07, 6.45) is 11.5. The Morgan fingerprint density at radius 3 is 2.02 bits per heavy atom. The molecular formula is C34H34ClN3O2. The van der Waals surface area contributed by atoms with Gasteiger partial charge in [-0.2, -0.15) is 4.73 Å². The maximum atomic E-state index is 11.4. The Morgan fingerprint density at radius 1 is 0.850 bits per heavy atom. The van der Waals surface area contributed by atoms with Crippen LogP contribution in [0.15, 0.2) is 121 Å². The molecule has 1 fully saturated rings. The third kappa shape index (κ3) is 5.47. The van der Waals surface area contributed by atoms with Gasteiger partial charge < -0.3 is 9.77 Å². The van der Waals surface area contributed by atoms with Gasteiger partial charge in [0, 0.05) is 35.0 Å². The SMILES string of the molecule is Cc1cc(C2CCCCC2)n(O)c(=O)c1.Clc1ccccc1C(c1ccccc1)(c1ccccc1)n1ccnc1. The smallest absolute Gasteiger partial charge is 0.283 e. The highest BCUT2D eigenvalue weighted by Crippen LogP contribution is 2.43. The summed E-state index contributed by atoms with van der Waals surface area (Å²) in [5.74, 6) is 0.358. The molecule has 3 aromatic carbocycles. The molecule has 1 N–H and O–H groups in total. The maximum absolute atomic E-state index is 11.4. The summed E-state index contributed by atoms with van der Waals surface area (Å²) < 4.78 is 2.95. The van der Waals surface area contributed by atoms with E-state index in [2.05, 4.69) is 64.1 Å². The van der Waals surface area contributed by atoms with Crippen LogP contribution in [0, 0.1) is 6.92 Å². The van der Waals surface area contributed by atoms with Gasteiger partial charge >= 0.3 is 0 Å². The summed E-state index contributed by atoms with van der Waals surface area (Å²) in [6, 6.07) is 32.2. The first-order valence-electron chi connectivity index (χ1n) is 13.8. The van der Waals surface area contributed by atoms with Crippen molar-refractivity contribution in [2.75, 3.05) is 0 Å². The van der Waals surface area contributed by atoms with E-state index in [0.717, 1.165) is 50.5 Å². The zero-order valence-corrected chi connectivity index (χ0v) is 23.4. The molecule has 1 aliphatic rings. The standard InChI is InChI=1S/C22H17ClN2.C12H17NO2/c23-21-14-8-7-13-20(21)22(25-16-15-24-17-25,18-9-3-1-4-10-18)19-11-5-2-6-12-19;1-9-7-11(13(15)12(14)8-9)10-5-3-2-4-6-10/h1-17H;7-8,10,15H,2-6H2,1H3. The Hall–Kier alpha value is -4.09. The molecule has 6 heteroatoms. The molecule has 40 heavy (non-hydrogen) atoms. The van der Waals surface area contributed by atoms with Crippen LogP contribution < -0.4 is 5.56 Å². The Morgan fingerprint density at radius 2 is 1.45 bits per heavy atom. The highest BCUT2D eigenvalue weighted by Gasteiger charge is 2.39. The molecule has 1 aliphatic carbocycles. The lowest BCUT2D eigenvalue weighted by Gasteiger charge is -2.37. The van der Waals surface area contributed by atoms with Crippen molar-refractivity contribution in [1.29, 1.82) is 0 Å². The van der Waals surface area contributed by atoms with Crippen LogP contribution in [-0.4, -0.2) is 19.5 Å². The van der Waals surface area contributed by atoms with Crippen molar-refractivity contribution in [1.82, 2.24) is 14.3 Å². The van der Waals surface area contributed by atoms with Gasteiger partial charge in [-0.1, -0.05) is 110 Å². The Bertz CT molecular complexity index is 1540. The van der Waals surface area contributed by atoms with Gasteiger partial charge in [0.05, 0.1) is 12.0 Å². The number of hydrogen-bond acceptors (Lipinski definition) is 3. The summed E-state index contributed by atoms with van der Waals surface area (Å²) >= 11 is 6.69. The zero-order valence-electron chi connectivity index (χ0n) is 22.7. The number of nitrogens with zero attached hydrogens (tertiary/aromatic N) is 3. The van der Waals surface area contributed by atoms with E-state index in [1.165, 1.54) is 25.3 Å². The van der Waals surface area contributed by atoms with Gasteiger partial charge in [-0.3, -0.25) is 4.79 Å². The third-order valence-electron chi connectivity index (χ3n) is 7.74. The zero-order chi connectivity index (χ0) is 28.0. The normalized spacial score (nSPS) is 13.8. The Labute approximate surface area is 240 Å². The van der Waals surface area contributed by atoms with Gasteiger partial charge in [0.1, 0.15) is 5.54 Å². The summed E-state index contributed by atoms with van der Waals surface area (Å²) in [4.78, 5) is 15.7. The Balaban J connectivity index is 0.000000184. The van der Waals surface area contributed by atoms with E-state index < -0.39 is 5.54 Å². The van der Waals surface area contributed by atoms with Crippen LogP contribution in [0.4, 0.5) is 0 Å². The average molecular weight is 552 g/mol. The van der Waals surface area contributed by atoms with E-state index in [1.807, 2.05) is 55.8 Å². The molecule has 0 bridgehead atoms. The second kappa shape index (κ2) is 12.4. The topological polar surface area (TPSA) is 60.1 Å². The number of hydrogen-bond donors (Lipinski definition) is 1. The van der Waals surface area contributed by atoms with Gasteiger partial charge in [-0.25, -0.2) is 4.98 Å². The van der Waals surface area contributed by atoms with Gasteiger partial charge in [0.25, 0.3) is 5.56 Å². The van der Waals surface area contributed by atoms with Crippen molar-refractivity contribution in [3.8, 4) is 0 Å². The number of pyridine rings is 1. The van der Waals surface area contributed by atoms with Crippen LogP contribution in [-0.2, 0) is 5.54 Å². The molecular weight excluding hydrogens is 518 g/mol. The fourth-order valence-electron chi connectivity index (χ4n) is 5.89. The lowest BCUT2D eigenvalue weighted by atomic mass is 9.76. The first-order valence-corrected chi connectivity index (χ1v) is 14.2. The summed E-state index contributed by atoms with van der Waals surface area (Å²) in [7, 11) is 0.